The van der Waals surface area contributed by atoms with Crippen LogP contribution < -0.4 is 14.5 Å². The van der Waals surface area contributed by atoms with E-state index in [2.05, 4.69) is 37.9 Å². The highest BCUT2D eigenvalue weighted by Crippen LogP contribution is 2.26. The molecule has 35 heavy (non-hydrogen) atoms. The van der Waals surface area contributed by atoms with Gasteiger partial charge in [-0.3, -0.25) is 9.10 Å². The van der Waals surface area contributed by atoms with Gasteiger partial charge in [0.25, 0.3) is 10.0 Å². The van der Waals surface area contributed by atoms with Gasteiger partial charge in [0.2, 0.25) is 5.91 Å². The zero-order chi connectivity index (χ0) is 25.4. The molecule has 3 aromatic carbocycles. The smallest absolute Gasteiger partial charge is 0.264 e. The maximum absolute atomic E-state index is 13.5. The molecule has 0 aromatic heterocycles. The van der Waals surface area contributed by atoms with Crippen molar-refractivity contribution in [3.05, 3.63) is 90.0 Å². The van der Waals surface area contributed by atoms with Crippen molar-refractivity contribution >= 4 is 27.3 Å². The number of carbonyl (C=O) groups excluding carboxylic acids is 1. The second-order valence-electron chi connectivity index (χ2n) is 8.69. The first-order chi connectivity index (χ1) is 16.8. The van der Waals surface area contributed by atoms with E-state index >= 15 is 0 Å². The molecule has 0 radical (unpaired) electrons. The molecule has 0 fully saturated rings. The fraction of sp³-hybridized carbons (Fsp3) is 0.321. The minimum Gasteiger partial charge on any atom is -0.372 e. The lowest BCUT2D eigenvalue weighted by atomic mass is 10.0. The maximum Gasteiger partial charge on any atom is 0.264 e. The average molecular weight is 494 g/mol. The van der Waals surface area contributed by atoms with Gasteiger partial charge >= 0.3 is 0 Å². The number of rotatable bonds is 11. The summed E-state index contributed by atoms with van der Waals surface area (Å²) in [6.07, 6.45) is 0. The van der Waals surface area contributed by atoms with Crippen molar-refractivity contribution in [1.82, 2.24) is 5.32 Å². The first-order valence-electron chi connectivity index (χ1n) is 12.0. The fourth-order valence-corrected chi connectivity index (χ4v) is 5.30. The number of hydrogen-bond acceptors (Lipinski definition) is 4. The van der Waals surface area contributed by atoms with E-state index in [0.717, 1.165) is 29.9 Å². The first kappa shape index (κ1) is 26.3. The van der Waals surface area contributed by atoms with Crippen LogP contribution in [-0.4, -0.2) is 34.0 Å². The van der Waals surface area contributed by atoms with E-state index in [0.29, 0.717) is 18.2 Å². The molecule has 6 nitrogen and oxygen atoms in total. The molecule has 0 spiro atoms. The molecule has 3 aromatic rings. The molecule has 0 bridgehead atoms. The van der Waals surface area contributed by atoms with Gasteiger partial charge in [-0.15, -0.1) is 0 Å². The molecule has 3 rings (SSSR count). The second-order valence-corrected chi connectivity index (χ2v) is 10.5. The van der Waals surface area contributed by atoms with E-state index in [-0.39, 0.29) is 17.3 Å². The Labute approximate surface area is 209 Å². The van der Waals surface area contributed by atoms with Crippen LogP contribution in [0.1, 0.15) is 44.7 Å². The number of hydrogen-bond donors (Lipinski definition) is 1. The predicted octanol–water partition coefficient (Wildman–Crippen LogP) is 5.17. The van der Waals surface area contributed by atoms with E-state index in [1.807, 2.05) is 36.4 Å². The van der Waals surface area contributed by atoms with Crippen molar-refractivity contribution in [1.29, 1.82) is 0 Å². The van der Waals surface area contributed by atoms with Crippen LogP contribution in [-0.2, 0) is 21.4 Å². The highest BCUT2D eigenvalue weighted by Gasteiger charge is 2.27. The molecule has 1 N–H and O–H groups in total. The average Bonchev–Trinajstić information content (AvgIpc) is 2.88. The van der Waals surface area contributed by atoms with Gasteiger partial charge in [-0.05, 0) is 67.3 Å². The topological polar surface area (TPSA) is 69.7 Å². The van der Waals surface area contributed by atoms with E-state index in [1.54, 1.807) is 42.5 Å². The number of anilines is 2. The maximum atomic E-state index is 13.5. The van der Waals surface area contributed by atoms with Crippen LogP contribution in [0.4, 0.5) is 11.4 Å². The van der Waals surface area contributed by atoms with Crippen molar-refractivity contribution in [3.8, 4) is 0 Å². The Morgan fingerprint density at radius 1 is 0.829 bits per heavy atom. The van der Waals surface area contributed by atoms with Crippen LogP contribution in [0.2, 0.25) is 0 Å². The van der Waals surface area contributed by atoms with Crippen molar-refractivity contribution in [2.75, 3.05) is 28.8 Å². The zero-order valence-corrected chi connectivity index (χ0v) is 21.8. The monoisotopic (exact) mass is 493 g/mol. The summed E-state index contributed by atoms with van der Waals surface area (Å²) in [6.45, 7) is 10.3. The summed E-state index contributed by atoms with van der Waals surface area (Å²) in [6, 6.07) is 23.6. The van der Waals surface area contributed by atoms with Gasteiger partial charge in [0, 0.05) is 25.3 Å². The van der Waals surface area contributed by atoms with Gasteiger partial charge in [-0.1, -0.05) is 56.3 Å². The first-order valence-corrected chi connectivity index (χ1v) is 13.5. The Morgan fingerprint density at radius 3 is 1.94 bits per heavy atom. The summed E-state index contributed by atoms with van der Waals surface area (Å²) >= 11 is 0. The van der Waals surface area contributed by atoms with Crippen LogP contribution in [0.15, 0.2) is 83.8 Å². The highest BCUT2D eigenvalue weighted by molar-refractivity contribution is 7.92. The number of nitrogens with one attached hydrogen (secondary N) is 1. The quantitative estimate of drug-likeness (QED) is 0.400. The summed E-state index contributed by atoms with van der Waals surface area (Å²) in [5.74, 6) is -0.0510. The van der Waals surface area contributed by atoms with Gasteiger partial charge in [0.15, 0.2) is 0 Å². The molecule has 0 atom stereocenters. The zero-order valence-electron chi connectivity index (χ0n) is 20.9. The minimum atomic E-state index is -3.92. The molecule has 0 aliphatic carbocycles. The Morgan fingerprint density at radius 2 is 1.40 bits per heavy atom. The van der Waals surface area contributed by atoms with Gasteiger partial charge < -0.3 is 10.2 Å². The van der Waals surface area contributed by atoms with Crippen molar-refractivity contribution in [2.24, 2.45) is 0 Å². The number of amides is 1. The molecule has 1 amide bonds. The lowest BCUT2D eigenvalue weighted by molar-refractivity contribution is -0.119. The third-order valence-corrected chi connectivity index (χ3v) is 7.81. The summed E-state index contributed by atoms with van der Waals surface area (Å²) in [7, 11) is -3.92. The SMILES string of the molecule is CCN(CC)c1ccc(CNC(=O)CN(c2ccc(C(C)C)cc2)S(=O)(=O)c2ccccc2)cc1. The Kier molecular flexibility index (Phi) is 8.93. The van der Waals surface area contributed by atoms with E-state index < -0.39 is 10.0 Å². The third-order valence-electron chi connectivity index (χ3n) is 6.02. The molecule has 0 aliphatic heterocycles. The largest absolute Gasteiger partial charge is 0.372 e. The highest BCUT2D eigenvalue weighted by atomic mass is 32.2. The van der Waals surface area contributed by atoms with Crippen LogP contribution in [0.5, 0.6) is 0 Å². The molecular weight excluding hydrogens is 458 g/mol. The summed E-state index contributed by atoms with van der Waals surface area (Å²) in [4.78, 5) is 15.3. The van der Waals surface area contributed by atoms with Crippen molar-refractivity contribution in [3.63, 3.8) is 0 Å². The molecular formula is C28H35N3O3S. The fourth-order valence-electron chi connectivity index (χ4n) is 3.86. The molecule has 186 valence electrons. The normalized spacial score (nSPS) is 11.3. The molecule has 0 aliphatic rings. The predicted molar refractivity (Wildman–Crippen MR) is 143 cm³/mol. The van der Waals surface area contributed by atoms with Gasteiger partial charge in [-0.2, -0.15) is 0 Å². The molecule has 0 saturated heterocycles. The number of carbonyl (C=O) groups is 1. The van der Waals surface area contributed by atoms with Crippen molar-refractivity contribution in [2.45, 2.75) is 45.1 Å². The summed E-state index contributed by atoms with van der Waals surface area (Å²) < 4.78 is 28.1. The van der Waals surface area contributed by atoms with Crippen LogP contribution in [0, 0.1) is 0 Å². The number of nitrogens with zero attached hydrogens (tertiary/aromatic N) is 2. The van der Waals surface area contributed by atoms with E-state index in [9.17, 15) is 13.2 Å². The summed E-state index contributed by atoms with van der Waals surface area (Å²) in [5.41, 5.74) is 3.64. The van der Waals surface area contributed by atoms with Gasteiger partial charge in [0.05, 0.1) is 10.6 Å². The Hall–Kier alpha value is -3.32. The van der Waals surface area contributed by atoms with E-state index in [1.165, 1.54) is 4.31 Å². The molecule has 0 unspecified atom stereocenters. The Bertz CT molecular complexity index is 1190. The lowest BCUT2D eigenvalue weighted by Crippen LogP contribution is -2.40. The molecule has 0 heterocycles. The third kappa shape index (κ3) is 6.63. The lowest BCUT2D eigenvalue weighted by Gasteiger charge is -2.24. The van der Waals surface area contributed by atoms with Crippen LogP contribution in [0.3, 0.4) is 0 Å². The standard InChI is InChI=1S/C28H35N3O3S/c1-5-30(6-2)25-16-12-23(13-17-25)20-29-28(32)21-31(26-18-14-24(15-19-26)22(3)4)35(33,34)27-10-8-7-9-11-27/h7-19,22H,5-6,20-21H2,1-4H3,(H,29,32). The molecule has 0 saturated carbocycles. The number of sulfonamides is 1. The number of benzene rings is 3. The van der Waals surface area contributed by atoms with Gasteiger partial charge in [-0.25, -0.2) is 8.42 Å². The minimum absolute atomic E-state index is 0.146. The van der Waals surface area contributed by atoms with E-state index in [4.69, 9.17) is 0 Å². The van der Waals surface area contributed by atoms with Crippen molar-refractivity contribution < 1.29 is 13.2 Å². The Balaban J connectivity index is 1.77. The van der Waals surface area contributed by atoms with Crippen LogP contribution in [0.25, 0.3) is 0 Å². The molecule has 7 heteroatoms. The van der Waals surface area contributed by atoms with Gasteiger partial charge in [0.1, 0.15) is 6.54 Å². The van der Waals surface area contributed by atoms with Crippen LogP contribution >= 0.6 is 0 Å². The second kappa shape index (κ2) is 11.9. The summed E-state index contributed by atoms with van der Waals surface area (Å²) in [5, 5.41) is 2.87.